The van der Waals surface area contributed by atoms with Gasteiger partial charge >= 0.3 is 0 Å². The second-order valence-electron chi connectivity index (χ2n) is 13.9. The maximum absolute atomic E-state index is 6.44. The molecule has 55 heavy (non-hydrogen) atoms. The molecule has 0 saturated heterocycles. The number of hydrogen-bond acceptors (Lipinski definition) is 6. The Labute approximate surface area is 322 Å². The van der Waals surface area contributed by atoms with Crippen molar-refractivity contribution in [3.63, 3.8) is 0 Å². The zero-order valence-electron chi connectivity index (χ0n) is 29.2. The molecule has 0 bridgehead atoms. The fourth-order valence-corrected chi connectivity index (χ4v) is 10.4. The Morgan fingerprint density at radius 2 is 1.07 bits per heavy atom. The highest BCUT2D eigenvalue weighted by Gasteiger charge is 2.19. The number of thiophene rings is 2. The summed E-state index contributed by atoms with van der Waals surface area (Å²) in [5.74, 6) is 0.603. The lowest BCUT2D eigenvalue weighted by molar-refractivity contribution is 0.617. The molecule has 0 amide bonds. The Balaban J connectivity index is 0.999. The summed E-state index contributed by atoms with van der Waals surface area (Å²) in [6, 6.07) is 60.4. The van der Waals surface area contributed by atoms with Crippen molar-refractivity contribution in [2.45, 2.75) is 0 Å². The molecule has 8 aromatic carbocycles. The van der Waals surface area contributed by atoms with Crippen molar-refractivity contribution in [2.24, 2.45) is 0 Å². The Morgan fingerprint density at radius 1 is 0.400 bits per heavy atom. The van der Waals surface area contributed by atoms with E-state index in [1.54, 1.807) is 0 Å². The van der Waals surface area contributed by atoms with Crippen LogP contribution in [0.1, 0.15) is 0 Å². The third-order valence-corrected chi connectivity index (χ3v) is 13.0. The highest BCUT2D eigenvalue weighted by atomic mass is 32.1. The molecule has 12 rings (SSSR count). The van der Waals surface area contributed by atoms with Gasteiger partial charge in [-0.2, -0.15) is 0 Å². The first-order chi connectivity index (χ1) is 27.2. The quantitative estimate of drug-likeness (QED) is 0.176. The van der Waals surface area contributed by atoms with Crippen molar-refractivity contribution in [1.29, 1.82) is 0 Å². The van der Waals surface area contributed by atoms with Crippen LogP contribution in [-0.4, -0.2) is 4.98 Å². The summed E-state index contributed by atoms with van der Waals surface area (Å²) in [7, 11) is 0. The monoisotopic (exact) mass is 740 g/mol. The van der Waals surface area contributed by atoms with Crippen LogP contribution in [0.25, 0.3) is 96.0 Å². The number of rotatable bonds is 5. The third kappa shape index (κ3) is 4.85. The lowest BCUT2D eigenvalue weighted by atomic mass is 9.99. The van der Waals surface area contributed by atoms with Crippen LogP contribution in [0.5, 0.6) is 0 Å². The number of benzene rings is 8. The predicted octanol–water partition coefficient (Wildman–Crippen LogP) is 15.3. The van der Waals surface area contributed by atoms with Crippen molar-refractivity contribution in [3.8, 4) is 22.6 Å². The molecule has 0 aliphatic carbocycles. The molecular weight excluding hydrogens is 713 g/mol. The molecule has 0 spiro atoms. The van der Waals surface area contributed by atoms with Crippen LogP contribution in [-0.2, 0) is 0 Å². The van der Waals surface area contributed by atoms with E-state index in [1.807, 2.05) is 65.1 Å². The molecular formula is C49H28N2O2S2. The number of furan rings is 1. The number of hydrogen-bond donors (Lipinski definition) is 0. The van der Waals surface area contributed by atoms with Gasteiger partial charge in [-0.25, -0.2) is 4.98 Å². The molecule has 0 N–H and O–H groups in total. The summed E-state index contributed by atoms with van der Waals surface area (Å²) in [5, 5.41) is 7.25. The minimum atomic E-state index is 0.603. The molecule has 0 radical (unpaired) electrons. The first kappa shape index (κ1) is 30.7. The SMILES string of the molecule is c1ccc(-c2nc3cc4c(cc3o2)oc2cccc(-c3ccc(N(c5ccc6c(c5)sc5ccccc56)c5ccc6sc7ccccc7c6c5)cc3)c24)cc1. The molecule has 6 heteroatoms. The van der Waals surface area contributed by atoms with Crippen LogP contribution in [0.4, 0.5) is 17.1 Å². The summed E-state index contributed by atoms with van der Waals surface area (Å²) >= 11 is 3.70. The van der Waals surface area contributed by atoms with Crippen molar-refractivity contribution in [3.05, 3.63) is 170 Å². The average Bonchev–Trinajstić information content (AvgIpc) is 4.01. The standard InChI is InChI=1S/C49H28N2O2S2/c1-2-9-30(10-3-1)49-50-40-27-39-42(28-43(40)53-49)52-41-14-8-13-34(48(39)41)29-17-19-31(20-18-29)51(32-22-24-46-38(25-32)36-12-5-7-16-45(36)54-46)33-21-23-37-35-11-4-6-15-44(35)55-47(37)26-33/h1-28H. The van der Waals surface area contributed by atoms with Gasteiger partial charge in [0, 0.05) is 79.8 Å². The molecule has 0 unspecified atom stereocenters. The van der Waals surface area contributed by atoms with Gasteiger partial charge in [0.2, 0.25) is 5.89 Å². The van der Waals surface area contributed by atoms with Crippen molar-refractivity contribution >= 4 is 113 Å². The maximum Gasteiger partial charge on any atom is 0.227 e. The van der Waals surface area contributed by atoms with Gasteiger partial charge in [-0.1, -0.05) is 84.9 Å². The van der Waals surface area contributed by atoms with E-state index in [9.17, 15) is 0 Å². The zero-order valence-corrected chi connectivity index (χ0v) is 30.8. The molecule has 4 aromatic heterocycles. The summed E-state index contributed by atoms with van der Waals surface area (Å²) < 4.78 is 17.8. The minimum Gasteiger partial charge on any atom is -0.456 e. The van der Waals surface area contributed by atoms with Crippen LogP contribution in [0.15, 0.2) is 179 Å². The fourth-order valence-electron chi connectivity index (χ4n) is 8.14. The molecule has 0 aliphatic rings. The lowest BCUT2D eigenvalue weighted by Gasteiger charge is -2.26. The van der Waals surface area contributed by atoms with E-state index in [4.69, 9.17) is 13.8 Å². The molecule has 0 fully saturated rings. The average molecular weight is 741 g/mol. The van der Waals surface area contributed by atoms with E-state index in [0.717, 1.165) is 61.2 Å². The van der Waals surface area contributed by atoms with Gasteiger partial charge in [0.05, 0.1) is 0 Å². The van der Waals surface area contributed by atoms with E-state index in [2.05, 4.69) is 132 Å². The molecule has 0 atom stereocenters. The maximum atomic E-state index is 6.44. The van der Waals surface area contributed by atoms with Gasteiger partial charge in [0.15, 0.2) is 5.58 Å². The Hall–Kier alpha value is -6.73. The lowest BCUT2D eigenvalue weighted by Crippen LogP contribution is -2.09. The van der Waals surface area contributed by atoms with Gasteiger partial charge in [-0.15, -0.1) is 22.7 Å². The van der Waals surface area contributed by atoms with Gasteiger partial charge < -0.3 is 13.7 Å². The smallest absolute Gasteiger partial charge is 0.227 e. The van der Waals surface area contributed by atoms with E-state index in [-0.39, 0.29) is 0 Å². The van der Waals surface area contributed by atoms with E-state index in [0.29, 0.717) is 11.5 Å². The summed E-state index contributed by atoms with van der Waals surface area (Å²) in [5.41, 5.74) is 9.63. The summed E-state index contributed by atoms with van der Waals surface area (Å²) in [6.45, 7) is 0. The van der Waals surface area contributed by atoms with Gasteiger partial charge in [-0.3, -0.25) is 0 Å². The number of anilines is 3. The normalized spacial score (nSPS) is 12.0. The molecule has 258 valence electrons. The first-order valence-corrected chi connectivity index (χ1v) is 19.9. The predicted molar refractivity (Wildman–Crippen MR) is 233 cm³/mol. The van der Waals surface area contributed by atoms with E-state index < -0.39 is 0 Å². The second-order valence-corrected chi connectivity index (χ2v) is 16.1. The zero-order chi connectivity index (χ0) is 36.0. The van der Waals surface area contributed by atoms with Gasteiger partial charge in [0.1, 0.15) is 16.7 Å². The fraction of sp³-hybridized carbons (Fsp3) is 0. The molecule has 0 aliphatic heterocycles. The number of nitrogens with zero attached hydrogens (tertiary/aromatic N) is 2. The third-order valence-electron chi connectivity index (χ3n) is 10.7. The number of aromatic nitrogens is 1. The molecule has 0 saturated carbocycles. The minimum absolute atomic E-state index is 0.603. The molecule has 4 heterocycles. The topological polar surface area (TPSA) is 42.4 Å². The Kier molecular flexibility index (Phi) is 6.64. The summed E-state index contributed by atoms with van der Waals surface area (Å²) in [6.07, 6.45) is 0. The van der Waals surface area contributed by atoms with Crippen LogP contribution in [0.3, 0.4) is 0 Å². The van der Waals surface area contributed by atoms with Crippen molar-refractivity contribution in [2.75, 3.05) is 4.90 Å². The van der Waals surface area contributed by atoms with Crippen LogP contribution in [0.2, 0.25) is 0 Å². The highest BCUT2D eigenvalue weighted by Crippen LogP contribution is 2.45. The highest BCUT2D eigenvalue weighted by molar-refractivity contribution is 7.26. The van der Waals surface area contributed by atoms with Crippen LogP contribution >= 0.6 is 22.7 Å². The van der Waals surface area contributed by atoms with Crippen molar-refractivity contribution < 1.29 is 8.83 Å². The Morgan fingerprint density at radius 3 is 1.91 bits per heavy atom. The van der Waals surface area contributed by atoms with Gasteiger partial charge in [0.25, 0.3) is 0 Å². The van der Waals surface area contributed by atoms with E-state index >= 15 is 0 Å². The van der Waals surface area contributed by atoms with Crippen LogP contribution < -0.4 is 4.90 Å². The Bertz CT molecular complexity index is 3440. The summed E-state index contributed by atoms with van der Waals surface area (Å²) in [4.78, 5) is 7.25. The van der Waals surface area contributed by atoms with Crippen LogP contribution in [0, 0.1) is 0 Å². The number of oxazole rings is 1. The largest absolute Gasteiger partial charge is 0.456 e. The molecule has 12 aromatic rings. The second kappa shape index (κ2) is 11.9. The van der Waals surface area contributed by atoms with E-state index in [1.165, 1.54) is 40.3 Å². The first-order valence-electron chi connectivity index (χ1n) is 18.3. The number of fused-ring (bicyclic) bond motifs is 10. The van der Waals surface area contributed by atoms with Gasteiger partial charge in [-0.05, 0) is 90.0 Å². The molecule has 4 nitrogen and oxygen atoms in total. The van der Waals surface area contributed by atoms with Crippen molar-refractivity contribution in [1.82, 2.24) is 4.98 Å².